The van der Waals surface area contributed by atoms with Crippen LogP contribution < -0.4 is 5.56 Å². The van der Waals surface area contributed by atoms with Crippen molar-refractivity contribution in [1.29, 1.82) is 0 Å². The Morgan fingerprint density at radius 3 is 2.58 bits per heavy atom. The number of aromatic nitrogens is 2. The van der Waals surface area contributed by atoms with Gasteiger partial charge in [0.15, 0.2) is 6.10 Å². The number of carboxylic acids is 1. The SMILES string of the molecule is O=C(O)CCCCc1nc2cc(C3=NO[C@H](c4ccccc4)C3)ccc2c(=O)n1-c1ccc(F)cc1. The number of benzene rings is 3. The number of aryl methyl sites for hydroxylation is 1. The number of hydrogen-bond donors (Lipinski definition) is 1. The molecule has 0 spiro atoms. The molecule has 1 aliphatic rings. The van der Waals surface area contributed by atoms with Crippen molar-refractivity contribution in [2.75, 3.05) is 0 Å². The smallest absolute Gasteiger partial charge is 0.303 e. The lowest BCUT2D eigenvalue weighted by atomic mass is 9.99. The van der Waals surface area contributed by atoms with Gasteiger partial charge in [-0.2, -0.15) is 0 Å². The predicted molar refractivity (Wildman–Crippen MR) is 134 cm³/mol. The van der Waals surface area contributed by atoms with Crippen molar-refractivity contribution >= 4 is 22.6 Å². The molecule has 1 N–H and O–H groups in total. The molecule has 3 aromatic carbocycles. The molecule has 5 rings (SSSR count). The summed E-state index contributed by atoms with van der Waals surface area (Å²) in [6.45, 7) is 0. The summed E-state index contributed by atoms with van der Waals surface area (Å²) in [7, 11) is 0. The Hall–Kier alpha value is -4.33. The summed E-state index contributed by atoms with van der Waals surface area (Å²) in [4.78, 5) is 34.9. The summed E-state index contributed by atoms with van der Waals surface area (Å²) in [6, 6.07) is 20.9. The minimum absolute atomic E-state index is 0.0426. The topological polar surface area (TPSA) is 93.8 Å². The van der Waals surface area contributed by atoms with E-state index in [1.807, 2.05) is 42.5 Å². The molecule has 1 aliphatic heterocycles. The molecule has 36 heavy (non-hydrogen) atoms. The molecule has 0 bridgehead atoms. The highest BCUT2D eigenvalue weighted by Crippen LogP contribution is 2.30. The van der Waals surface area contributed by atoms with Gasteiger partial charge < -0.3 is 9.94 Å². The number of unbranched alkanes of at least 4 members (excludes halogenated alkanes) is 1. The third-order valence-electron chi connectivity index (χ3n) is 6.24. The van der Waals surface area contributed by atoms with E-state index in [4.69, 9.17) is 14.9 Å². The van der Waals surface area contributed by atoms with Gasteiger partial charge in [0.25, 0.3) is 5.56 Å². The lowest BCUT2D eigenvalue weighted by Gasteiger charge is -2.14. The second-order valence-corrected chi connectivity index (χ2v) is 8.72. The van der Waals surface area contributed by atoms with E-state index in [-0.39, 0.29) is 18.1 Å². The van der Waals surface area contributed by atoms with Crippen molar-refractivity contribution in [2.24, 2.45) is 5.16 Å². The zero-order valence-corrected chi connectivity index (χ0v) is 19.4. The second kappa shape index (κ2) is 10.1. The highest BCUT2D eigenvalue weighted by molar-refractivity contribution is 6.03. The van der Waals surface area contributed by atoms with Crippen LogP contribution in [0, 0.1) is 5.82 Å². The number of aliphatic carboxylic acids is 1. The van der Waals surface area contributed by atoms with Crippen molar-refractivity contribution in [1.82, 2.24) is 9.55 Å². The van der Waals surface area contributed by atoms with Gasteiger partial charge in [-0.05, 0) is 54.8 Å². The molecular weight excluding hydrogens is 461 g/mol. The lowest BCUT2D eigenvalue weighted by Crippen LogP contribution is -2.24. The van der Waals surface area contributed by atoms with E-state index < -0.39 is 11.8 Å². The largest absolute Gasteiger partial charge is 0.481 e. The van der Waals surface area contributed by atoms with Crippen LogP contribution >= 0.6 is 0 Å². The first kappa shape index (κ1) is 23.4. The van der Waals surface area contributed by atoms with Crippen molar-refractivity contribution in [3.8, 4) is 5.69 Å². The number of halogens is 1. The van der Waals surface area contributed by atoms with Crippen LogP contribution in [0.15, 0.2) is 82.7 Å². The van der Waals surface area contributed by atoms with E-state index >= 15 is 0 Å². The van der Waals surface area contributed by atoms with Crippen molar-refractivity contribution in [3.05, 3.63) is 106 Å². The fourth-order valence-corrected chi connectivity index (χ4v) is 4.39. The van der Waals surface area contributed by atoms with Crippen LogP contribution in [0.5, 0.6) is 0 Å². The fraction of sp³-hybridized carbons (Fsp3) is 0.214. The van der Waals surface area contributed by atoms with Crippen LogP contribution in [0.3, 0.4) is 0 Å². The minimum atomic E-state index is -0.865. The predicted octanol–water partition coefficient (Wildman–Crippen LogP) is 5.19. The quantitative estimate of drug-likeness (QED) is 0.347. The second-order valence-electron chi connectivity index (χ2n) is 8.72. The van der Waals surface area contributed by atoms with Gasteiger partial charge in [0.1, 0.15) is 11.6 Å². The molecular formula is C28H24FN3O4. The zero-order valence-electron chi connectivity index (χ0n) is 19.4. The summed E-state index contributed by atoms with van der Waals surface area (Å²) < 4.78 is 15.0. The number of rotatable bonds is 8. The van der Waals surface area contributed by atoms with Gasteiger partial charge in [-0.15, -0.1) is 0 Å². The van der Waals surface area contributed by atoms with Crippen LogP contribution in [-0.4, -0.2) is 26.3 Å². The molecule has 0 unspecified atom stereocenters. The van der Waals surface area contributed by atoms with Gasteiger partial charge in [0, 0.05) is 24.8 Å². The number of fused-ring (bicyclic) bond motifs is 1. The first-order chi connectivity index (χ1) is 17.5. The van der Waals surface area contributed by atoms with Gasteiger partial charge in [0.2, 0.25) is 0 Å². The molecule has 7 nitrogen and oxygen atoms in total. The summed E-state index contributed by atoms with van der Waals surface area (Å²) >= 11 is 0. The molecule has 1 aromatic heterocycles. The third kappa shape index (κ3) is 4.88. The van der Waals surface area contributed by atoms with Crippen molar-refractivity contribution in [3.63, 3.8) is 0 Å². The normalized spacial score (nSPS) is 15.0. The van der Waals surface area contributed by atoms with Crippen LogP contribution in [0.4, 0.5) is 4.39 Å². The average Bonchev–Trinajstić information content (AvgIpc) is 3.38. The molecule has 8 heteroatoms. The van der Waals surface area contributed by atoms with Gasteiger partial charge in [-0.25, -0.2) is 9.37 Å². The van der Waals surface area contributed by atoms with Crippen LogP contribution in [0.25, 0.3) is 16.6 Å². The van der Waals surface area contributed by atoms with Crippen LogP contribution in [-0.2, 0) is 16.1 Å². The van der Waals surface area contributed by atoms with E-state index in [2.05, 4.69) is 5.16 Å². The molecule has 4 aromatic rings. The molecule has 182 valence electrons. The van der Waals surface area contributed by atoms with E-state index in [9.17, 15) is 14.0 Å². The van der Waals surface area contributed by atoms with E-state index in [0.29, 0.717) is 48.1 Å². The molecule has 0 aliphatic carbocycles. The first-order valence-electron chi connectivity index (χ1n) is 11.8. The third-order valence-corrected chi connectivity index (χ3v) is 6.24. The molecule has 1 atom stereocenters. The number of carbonyl (C=O) groups is 1. The Kier molecular flexibility index (Phi) is 6.58. The lowest BCUT2D eigenvalue weighted by molar-refractivity contribution is -0.137. The van der Waals surface area contributed by atoms with Gasteiger partial charge in [-0.1, -0.05) is 41.6 Å². The van der Waals surface area contributed by atoms with Gasteiger partial charge >= 0.3 is 5.97 Å². The Bertz CT molecular complexity index is 1500. The maximum Gasteiger partial charge on any atom is 0.303 e. The summed E-state index contributed by atoms with van der Waals surface area (Å²) in [5, 5.41) is 13.7. The molecule has 0 fully saturated rings. The minimum Gasteiger partial charge on any atom is -0.481 e. The first-order valence-corrected chi connectivity index (χ1v) is 11.8. The summed E-state index contributed by atoms with van der Waals surface area (Å²) in [5.74, 6) is -0.773. The van der Waals surface area contributed by atoms with Crippen molar-refractivity contribution < 1.29 is 19.1 Å². The zero-order chi connectivity index (χ0) is 25.1. The molecule has 0 saturated carbocycles. The summed E-state index contributed by atoms with van der Waals surface area (Å²) in [6.07, 6.45) is 1.89. The Morgan fingerprint density at radius 1 is 1.06 bits per heavy atom. The molecule has 2 heterocycles. The van der Waals surface area contributed by atoms with Gasteiger partial charge in [0.05, 0.1) is 22.3 Å². The van der Waals surface area contributed by atoms with E-state index in [0.717, 1.165) is 16.8 Å². The van der Waals surface area contributed by atoms with Gasteiger partial charge in [-0.3, -0.25) is 14.2 Å². The molecule has 0 radical (unpaired) electrons. The highest BCUT2D eigenvalue weighted by atomic mass is 19.1. The number of oxime groups is 1. The fourth-order valence-electron chi connectivity index (χ4n) is 4.39. The standard InChI is InChI=1S/C28H24FN3O4/c29-20-11-13-21(14-12-20)32-26(8-4-5-9-27(33)34)30-24-16-19(10-15-22(24)28(32)35)23-17-25(36-31-23)18-6-2-1-3-7-18/h1-3,6-7,10-16,25H,4-5,8-9,17H2,(H,33,34)/t25-/m0/s1. The highest BCUT2D eigenvalue weighted by Gasteiger charge is 2.24. The van der Waals surface area contributed by atoms with Crippen LogP contribution in [0.1, 0.15) is 48.7 Å². The van der Waals surface area contributed by atoms with E-state index in [1.54, 1.807) is 6.07 Å². The number of carboxylic acid groups (broad SMARTS) is 1. The maximum absolute atomic E-state index is 13.5. The van der Waals surface area contributed by atoms with Crippen LogP contribution in [0.2, 0.25) is 0 Å². The Balaban J connectivity index is 1.50. The average molecular weight is 486 g/mol. The Labute approximate surface area is 206 Å². The maximum atomic E-state index is 13.5. The Morgan fingerprint density at radius 2 is 1.83 bits per heavy atom. The van der Waals surface area contributed by atoms with Crippen molar-refractivity contribution in [2.45, 2.75) is 38.2 Å². The van der Waals surface area contributed by atoms with E-state index in [1.165, 1.54) is 28.8 Å². The number of nitrogens with zero attached hydrogens (tertiary/aromatic N) is 3. The summed E-state index contributed by atoms with van der Waals surface area (Å²) in [5.41, 5.74) is 3.41. The molecule has 0 amide bonds. The monoisotopic (exact) mass is 485 g/mol. The molecule has 0 saturated heterocycles. The number of hydrogen-bond acceptors (Lipinski definition) is 5.